The number of hydrogen-bond acceptors (Lipinski definition) is 5. The molecular weight excluding hydrogens is 336 g/mol. The number of carbonyl (C=O) groups is 2. The molecule has 2 saturated heterocycles. The molecule has 2 amide bonds. The molecule has 3 aliphatic rings. The predicted octanol–water partition coefficient (Wildman–Crippen LogP) is 1.51. The molecule has 1 aromatic heterocycles. The summed E-state index contributed by atoms with van der Waals surface area (Å²) in [5, 5.41) is 0. The van der Waals surface area contributed by atoms with Crippen molar-refractivity contribution in [3.63, 3.8) is 0 Å². The molecule has 1 aliphatic carbocycles. The predicted molar refractivity (Wildman–Crippen MR) is 93.0 cm³/mol. The topological polar surface area (TPSA) is 80.1 Å². The molecule has 1 spiro atoms. The van der Waals surface area contributed by atoms with Crippen LogP contribution in [0.5, 0.6) is 5.75 Å². The first kappa shape index (κ1) is 17.1. The molecule has 140 valence electrons. The molecule has 0 bridgehead atoms. The molecule has 1 saturated carbocycles. The Morgan fingerprint density at radius 2 is 2.12 bits per heavy atom. The molecule has 1 atom stereocenters. The van der Waals surface area contributed by atoms with Crippen LogP contribution in [-0.4, -0.2) is 54.9 Å². The summed E-state index contributed by atoms with van der Waals surface area (Å²) >= 11 is 0. The molecule has 1 aromatic rings. The first-order valence-electron chi connectivity index (χ1n) is 9.28. The zero-order valence-electron chi connectivity index (χ0n) is 15.0. The molecule has 0 radical (unpaired) electrons. The molecule has 4 rings (SSSR count). The van der Waals surface area contributed by atoms with Crippen LogP contribution in [-0.2, 0) is 4.79 Å². The fourth-order valence-electron chi connectivity index (χ4n) is 4.18. The van der Waals surface area contributed by atoms with Crippen LogP contribution in [0.15, 0.2) is 21.5 Å². The van der Waals surface area contributed by atoms with E-state index in [-0.39, 0.29) is 28.8 Å². The third kappa shape index (κ3) is 2.99. The molecule has 26 heavy (non-hydrogen) atoms. The van der Waals surface area contributed by atoms with Crippen molar-refractivity contribution in [3.8, 4) is 5.75 Å². The van der Waals surface area contributed by atoms with Gasteiger partial charge in [0, 0.05) is 32.2 Å². The second-order valence-electron chi connectivity index (χ2n) is 7.73. The Hall–Kier alpha value is -2.31. The number of carbonyl (C=O) groups excluding carboxylic acids is 2. The van der Waals surface area contributed by atoms with E-state index in [1.807, 2.05) is 4.90 Å². The van der Waals surface area contributed by atoms with E-state index in [1.165, 1.54) is 20.0 Å². The fraction of sp³-hybridized carbons (Fsp3) is 0.632. The van der Waals surface area contributed by atoms with E-state index in [0.717, 1.165) is 38.3 Å². The third-order valence-corrected chi connectivity index (χ3v) is 5.87. The lowest BCUT2D eigenvalue weighted by atomic mass is 9.78. The second-order valence-corrected chi connectivity index (χ2v) is 7.73. The molecule has 3 heterocycles. The summed E-state index contributed by atoms with van der Waals surface area (Å²) < 4.78 is 10.2. The highest BCUT2D eigenvalue weighted by Crippen LogP contribution is 2.42. The van der Waals surface area contributed by atoms with Gasteiger partial charge in [-0.15, -0.1) is 0 Å². The molecule has 0 aromatic carbocycles. The smallest absolute Gasteiger partial charge is 0.289 e. The molecular formula is C19H24N2O5. The SMILES string of the molecule is COc1coc(C(=O)N2CC[C@]3(CCCN(CC4CC4)C3=O)C2)cc1=O. The molecule has 3 fully saturated rings. The highest BCUT2D eigenvalue weighted by molar-refractivity contribution is 5.93. The van der Waals surface area contributed by atoms with Gasteiger partial charge in [-0.05, 0) is 38.0 Å². The maximum Gasteiger partial charge on any atom is 0.289 e. The largest absolute Gasteiger partial charge is 0.490 e. The standard InChI is InChI=1S/C19H24N2O5/c1-25-16-11-26-15(9-14(16)22)17(23)21-8-6-19(12-21)5-2-7-20(18(19)24)10-13-3-4-13/h9,11,13H,2-8,10,12H2,1H3/t19-/m1/s1. The van der Waals surface area contributed by atoms with Crippen molar-refractivity contribution in [2.24, 2.45) is 11.3 Å². The highest BCUT2D eigenvalue weighted by Gasteiger charge is 2.50. The molecule has 2 aliphatic heterocycles. The Bertz CT molecular complexity index is 784. The number of likely N-dealkylation sites (tertiary alicyclic amines) is 2. The van der Waals surface area contributed by atoms with Crippen molar-refractivity contribution in [1.82, 2.24) is 9.80 Å². The van der Waals surface area contributed by atoms with Crippen LogP contribution in [0.4, 0.5) is 0 Å². The van der Waals surface area contributed by atoms with Crippen LogP contribution in [0.25, 0.3) is 0 Å². The van der Waals surface area contributed by atoms with Gasteiger partial charge in [-0.3, -0.25) is 14.4 Å². The number of amides is 2. The Kier molecular flexibility index (Phi) is 4.25. The molecule has 0 unspecified atom stereocenters. The van der Waals surface area contributed by atoms with E-state index in [2.05, 4.69) is 0 Å². The molecule has 0 N–H and O–H groups in total. The quantitative estimate of drug-likeness (QED) is 0.813. The zero-order valence-corrected chi connectivity index (χ0v) is 15.0. The van der Waals surface area contributed by atoms with Crippen molar-refractivity contribution < 1.29 is 18.7 Å². The van der Waals surface area contributed by atoms with E-state index >= 15 is 0 Å². The number of ether oxygens (including phenoxy) is 1. The number of hydrogen-bond donors (Lipinski definition) is 0. The van der Waals surface area contributed by atoms with Gasteiger partial charge in [0.05, 0.1) is 12.5 Å². The number of piperidine rings is 1. The van der Waals surface area contributed by atoms with Gasteiger partial charge in [0.25, 0.3) is 5.91 Å². The van der Waals surface area contributed by atoms with Gasteiger partial charge in [-0.25, -0.2) is 0 Å². The van der Waals surface area contributed by atoms with Crippen molar-refractivity contribution in [2.75, 3.05) is 33.3 Å². The molecule has 7 nitrogen and oxygen atoms in total. The van der Waals surface area contributed by atoms with Crippen LogP contribution >= 0.6 is 0 Å². The van der Waals surface area contributed by atoms with Crippen LogP contribution in [0.1, 0.15) is 42.7 Å². The van der Waals surface area contributed by atoms with Crippen LogP contribution < -0.4 is 10.2 Å². The van der Waals surface area contributed by atoms with Gasteiger partial charge < -0.3 is 19.0 Å². The molecule has 7 heteroatoms. The zero-order chi connectivity index (χ0) is 18.3. The Labute approximate surface area is 151 Å². The fourth-order valence-corrected chi connectivity index (χ4v) is 4.18. The maximum absolute atomic E-state index is 13.1. The van der Waals surface area contributed by atoms with E-state index in [0.29, 0.717) is 25.4 Å². The summed E-state index contributed by atoms with van der Waals surface area (Å²) in [6, 6.07) is 1.16. The number of methoxy groups -OCH3 is 1. The van der Waals surface area contributed by atoms with E-state index in [1.54, 1.807) is 4.90 Å². The minimum Gasteiger partial charge on any atom is -0.490 e. The van der Waals surface area contributed by atoms with Crippen molar-refractivity contribution in [2.45, 2.75) is 32.1 Å². The van der Waals surface area contributed by atoms with Crippen molar-refractivity contribution in [1.29, 1.82) is 0 Å². The van der Waals surface area contributed by atoms with Gasteiger partial charge in [-0.2, -0.15) is 0 Å². The Morgan fingerprint density at radius 3 is 2.81 bits per heavy atom. The monoisotopic (exact) mass is 360 g/mol. The average molecular weight is 360 g/mol. The maximum atomic E-state index is 13.1. The highest BCUT2D eigenvalue weighted by atomic mass is 16.5. The van der Waals surface area contributed by atoms with E-state index < -0.39 is 5.41 Å². The van der Waals surface area contributed by atoms with Crippen molar-refractivity contribution >= 4 is 11.8 Å². The number of rotatable bonds is 4. The lowest BCUT2D eigenvalue weighted by Gasteiger charge is -2.39. The van der Waals surface area contributed by atoms with E-state index in [9.17, 15) is 14.4 Å². The van der Waals surface area contributed by atoms with Gasteiger partial charge in [-0.1, -0.05) is 0 Å². The van der Waals surface area contributed by atoms with Gasteiger partial charge >= 0.3 is 0 Å². The first-order valence-corrected chi connectivity index (χ1v) is 9.28. The number of nitrogens with zero attached hydrogens (tertiary/aromatic N) is 2. The van der Waals surface area contributed by atoms with Crippen molar-refractivity contribution in [3.05, 3.63) is 28.3 Å². The van der Waals surface area contributed by atoms with Gasteiger partial charge in [0.2, 0.25) is 17.1 Å². The Morgan fingerprint density at radius 1 is 1.31 bits per heavy atom. The summed E-state index contributed by atoms with van der Waals surface area (Å²) in [6.07, 6.45) is 6.08. The summed E-state index contributed by atoms with van der Waals surface area (Å²) in [7, 11) is 1.38. The van der Waals surface area contributed by atoms with Crippen LogP contribution in [0, 0.1) is 11.3 Å². The lowest BCUT2D eigenvalue weighted by Crippen LogP contribution is -2.51. The summed E-state index contributed by atoms with van der Waals surface area (Å²) in [6.45, 7) is 2.61. The van der Waals surface area contributed by atoms with E-state index in [4.69, 9.17) is 9.15 Å². The minimum atomic E-state index is -0.463. The summed E-state index contributed by atoms with van der Waals surface area (Å²) in [5.74, 6) is 0.584. The van der Waals surface area contributed by atoms with Crippen LogP contribution in [0.3, 0.4) is 0 Å². The summed E-state index contributed by atoms with van der Waals surface area (Å²) in [5.41, 5.74) is -0.851. The van der Waals surface area contributed by atoms with Gasteiger partial charge in [0.15, 0.2) is 5.76 Å². The normalized spacial score (nSPS) is 25.8. The average Bonchev–Trinajstić information content (AvgIpc) is 3.36. The van der Waals surface area contributed by atoms with Crippen LogP contribution in [0.2, 0.25) is 0 Å². The summed E-state index contributed by atoms with van der Waals surface area (Å²) in [4.78, 5) is 41.3. The second kappa shape index (κ2) is 6.45. The van der Waals surface area contributed by atoms with Gasteiger partial charge in [0.1, 0.15) is 6.26 Å². The first-order chi connectivity index (χ1) is 12.5. The lowest BCUT2D eigenvalue weighted by molar-refractivity contribution is -0.145. The third-order valence-electron chi connectivity index (χ3n) is 5.87. The minimum absolute atomic E-state index is 0.00838. The Balaban J connectivity index is 1.48.